The monoisotopic (exact) mass is 472 g/mol. The number of hydrogen-bond donors (Lipinski definition) is 1. The highest BCUT2D eigenvalue weighted by Crippen LogP contribution is 2.35. The highest BCUT2D eigenvalue weighted by atomic mass is 32.2. The third-order valence-electron chi connectivity index (χ3n) is 5.51. The molecule has 0 saturated carbocycles. The van der Waals surface area contributed by atoms with Crippen LogP contribution in [0.4, 0.5) is 5.69 Å². The Kier molecular flexibility index (Phi) is 7.62. The molecule has 0 spiro atoms. The number of benzene rings is 1. The summed E-state index contributed by atoms with van der Waals surface area (Å²) >= 11 is 3.37. The molecule has 1 fully saturated rings. The summed E-state index contributed by atoms with van der Waals surface area (Å²) in [6, 6.07) is 8.13. The average molecular weight is 473 g/mol. The summed E-state index contributed by atoms with van der Waals surface area (Å²) in [5.74, 6) is 3.30. The van der Waals surface area contributed by atoms with E-state index in [1.54, 1.807) is 14.2 Å². The Labute approximate surface area is 196 Å². The summed E-state index contributed by atoms with van der Waals surface area (Å²) in [5, 5.41) is 3.79. The minimum absolute atomic E-state index is 0.153. The van der Waals surface area contributed by atoms with Crippen molar-refractivity contribution >= 4 is 44.9 Å². The van der Waals surface area contributed by atoms with Crippen LogP contribution >= 0.6 is 23.1 Å². The molecule has 2 aromatic heterocycles. The van der Waals surface area contributed by atoms with Gasteiger partial charge in [-0.15, -0.1) is 11.3 Å². The van der Waals surface area contributed by atoms with Gasteiger partial charge in [0.25, 0.3) is 5.91 Å². The first kappa shape index (κ1) is 23.0. The van der Waals surface area contributed by atoms with Gasteiger partial charge in [0.1, 0.15) is 11.4 Å². The summed E-state index contributed by atoms with van der Waals surface area (Å²) < 4.78 is 10.6. The molecule has 0 aliphatic carbocycles. The zero-order chi connectivity index (χ0) is 22.5. The summed E-state index contributed by atoms with van der Waals surface area (Å²) in [5.41, 5.74) is 2.88. The molecule has 1 saturated heterocycles. The third-order valence-corrected chi connectivity index (χ3v) is 7.64. The largest absolute Gasteiger partial charge is 0.480 e. The Morgan fingerprint density at radius 1 is 1.16 bits per heavy atom. The maximum absolute atomic E-state index is 13.0. The minimum Gasteiger partial charge on any atom is -0.480 e. The molecule has 0 radical (unpaired) electrons. The van der Waals surface area contributed by atoms with Gasteiger partial charge in [-0.1, -0.05) is 12.1 Å². The molecule has 4 rings (SSSR count). The van der Waals surface area contributed by atoms with E-state index < -0.39 is 0 Å². The van der Waals surface area contributed by atoms with Crippen molar-refractivity contribution in [2.24, 2.45) is 0 Å². The molecule has 9 heteroatoms. The van der Waals surface area contributed by atoms with Gasteiger partial charge >= 0.3 is 0 Å². The second-order valence-corrected chi connectivity index (χ2v) is 9.90. The fourth-order valence-corrected chi connectivity index (χ4v) is 5.82. The normalized spacial score (nSPS) is 14.6. The molecule has 1 aliphatic rings. The SMILES string of the molecule is COCc1nc(OC)c2c(C)c(C(=O)Nc3ccc(CCN4CCSCC4)cc3)sc2n1. The van der Waals surface area contributed by atoms with Crippen LogP contribution in [0, 0.1) is 6.92 Å². The number of anilines is 1. The fourth-order valence-electron chi connectivity index (χ4n) is 3.76. The molecule has 0 unspecified atom stereocenters. The number of carbonyl (C=O) groups is 1. The van der Waals surface area contributed by atoms with Crippen molar-refractivity contribution in [2.45, 2.75) is 20.0 Å². The van der Waals surface area contributed by atoms with Crippen LogP contribution in [0.25, 0.3) is 10.2 Å². The van der Waals surface area contributed by atoms with Gasteiger partial charge in [0.15, 0.2) is 5.82 Å². The third kappa shape index (κ3) is 5.23. The number of hydrogen-bond acceptors (Lipinski definition) is 8. The van der Waals surface area contributed by atoms with Gasteiger partial charge in [-0.05, 0) is 36.6 Å². The summed E-state index contributed by atoms with van der Waals surface area (Å²) in [6.45, 7) is 5.62. The predicted octanol–water partition coefficient (Wildman–Crippen LogP) is 4.00. The number of aromatic nitrogens is 2. The van der Waals surface area contributed by atoms with E-state index in [2.05, 4.69) is 32.3 Å². The number of methoxy groups -OCH3 is 2. The lowest BCUT2D eigenvalue weighted by Gasteiger charge is -2.26. The van der Waals surface area contributed by atoms with Gasteiger partial charge < -0.3 is 19.7 Å². The Morgan fingerprint density at radius 2 is 1.91 bits per heavy atom. The number of aryl methyl sites for hydroxylation is 1. The van der Waals surface area contributed by atoms with E-state index in [1.165, 1.54) is 41.5 Å². The predicted molar refractivity (Wildman–Crippen MR) is 131 cm³/mol. The lowest BCUT2D eigenvalue weighted by Crippen LogP contribution is -2.34. The zero-order valence-electron chi connectivity index (χ0n) is 18.6. The molecule has 170 valence electrons. The minimum atomic E-state index is -0.153. The van der Waals surface area contributed by atoms with E-state index in [9.17, 15) is 4.79 Å². The van der Waals surface area contributed by atoms with E-state index >= 15 is 0 Å². The van der Waals surface area contributed by atoms with Crippen LogP contribution in [0.2, 0.25) is 0 Å². The van der Waals surface area contributed by atoms with E-state index in [0.29, 0.717) is 16.6 Å². The van der Waals surface area contributed by atoms with Gasteiger partial charge in [-0.2, -0.15) is 16.7 Å². The van der Waals surface area contributed by atoms with Crippen LogP contribution in [0.3, 0.4) is 0 Å². The molecular formula is C23H28N4O3S2. The van der Waals surface area contributed by atoms with Crippen LogP contribution in [0.1, 0.15) is 26.6 Å². The fraction of sp³-hybridized carbons (Fsp3) is 0.435. The molecule has 0 atom stereocenters. The number of fused-ring (bicyclic) bond motifs is 1. The van der Waals surface area contributed by atoms with Crippen molar-refractivity contribution in [3.8, 4) is 5.88 Å². The molecule has 1 amide bonds. The van der Waals surface area contributed by atoms with Crippen molar-refractivity contribution in [1.29, 1.82) is 0 Å². The van der Waals surface area contributed by atoms with E-state index in [4.69, 9.17) is 9.47 Å². The van der Waals surface area contributed by atoms with E-state index in [-0.39, 0.29) is 12.5 Å². The summed E-state index contributed by atoms with van der Waals surface area (Å²) in [7, 11) is 3.16. The topological polar surface area (TPSA) is 76.6 Å². The van der Waals surface area contributed by atoms with Gasteiger partial charge in [0.2, 0.25) is 5.88 Å². The number of carbonyl (C=O) groups excluding carboxylic acids is 1. The van der Waals surface area contributed by atoms with E-state index in [1.807, 2.05) is 30.8 Å². The first-order chi connectivity index (χ1) is 15.6. The number of rotatable bonds is 8. The van der Waals surface area contributed by atoms with Gasteiger partial charge in [0, 0.05) is 43.9 Å². The average Bonchev–Trinajstić information content (AvgIpc) is 3.15. The molecule has 3 heterocycles. The van der Waals surface area contributed by atoms with Crippen LogP contribution < -0.4 is 10.1 Å². The van der Waals surface area contributed by atoms with Crippen molar-refractivity contribution < 1.29 is 14.3 Å². The maximum atomic E-state index is 13.0. The van der Waals surface area contributed by atoms with Crippen molar-refractivity contribution in [2.75, 3.05) is 50.7 Å². The molecular weight excluding hydrogens is 444 g/mol. The second kappa shape index (κ2) is 10.6. The van der Waals surface area contributed by atoms with Crippen molar-refractivity contribution in [1.82, 2.24) is 14.9 Å². The molecule has 0 bridgehead atoms. The lowest BCUT2D eigenvalue weighted by atomic mass is 10.1. The smallest absolute Gasteiger partial charge is 0.266 e. The Hall–Kier alpha value is -2.20. The van der Waals surface area contributed by atoms with E-state index in [0.717, 1.165) is 34.4 Å². The number of ether oxygens (including phenoxy) is 2. The molecule has 32 heavy (non-hydrogen) atoms. The Bertz CT molecular complexity index is 1080. The van der Waals surface area contributed by atoms with Crippen LogP contribution in [-0.2, 0) is 17.8 Å². The Morgan fingerprint density at radius 3 is 2.59 bits per heavy atom. The van der Waals surface area contributed by atoms with Gasteiger partial charge in [0.05, 0.1) is 17.4 Å². The lowest BCUT2D eigenvalue weighted by molar-refractivity contribution is 0.103. The molecule has 1 N–H and O–H groups in total. The van der Waals surface area contributed by atoms with Crippen LogP contribution in [0.5, 0.6) is 5.88 Å². The number of nitrogens with zero attached hydrogens (tertiary/aromatic N) is 3. The molecule has 3 aromatic rings. The highest BCUT2D eigenvalue weighted by molar-refractivity contribution is 7.99. The number of amides is 1. The summed E-state index contributed by atoms with van der Waals surface area (Å²) in [4.78, 5) is 25.8. The van der Waals surface area contributed by atoms with Crippen molar-refractivity contribution in [3.05, 3.63) is 46.1 Å². The zero-order valence-corrected chi connectivity index (χ0v) is 20.3. The number of thiophene rings is 1. The van der Waals surface area contributed by atoms with Gasteiger partial charge in [-0.25, -0.2) is 4.98 Å². The number of thioether (sulfide) groups is 1. The molecule has 1 aliphatic heterocycles. The van der Waals surface area contributed by atoms with Crippen LogP contribution in [-0.4, -0.2) is 66.1 Å². The van der Waals surface area contributed by atoms with Gasteiger partial charge in [-0.3, -0.25) is 4.79 Å². The van der Waals surface area contributed by atoms with Crippen molar-refractivity contribution in [3.63, 3.8) is 0 Å². The maximum Gasteiger partial charge on any atom is 0.266 e. The standard InChI is InChI=1S/C23H28N4O3S2/c1-15-19-22(30-3)25-18(14-29-2)26-23(19)32-20(15)21(28)24-17-6-4-16(5-7-17)8-9-27-10-12-31-13-11-27/h4-7H,8-14H2,1-3H3,(H,24,28). The highest BCUT2D eigenvalue weighted by Gasteiger charge is 2.21. The molecule has 1 aromatic carbocycles. The van der Waals surface area contributed by atoms with Crippen LogP contribution in [0.15, 0.2) is 24.3 Å². The Balaban J connectivity index is 1.45. The number of nitrogens with one attached hydrogen (secondary N) is 1. The quantitative estimate of drug-likeness (QED) is 0.531. The first-order valence-corrected chi connectivity index (χ1v) is 12.6. The first-order valence-electron chi connectivity index (χ1n) is 10.6. The molecule has 7 nitrogen and oxygen atoms in total. The summed E-state index contributed by atoms with van der Waals surface area (Å²) in [6.07, 6.45) is 1.02. The second-order valence-electron chi connectivity index (χ2n) is 7.67.